The first-order chi connectivity index (χ1) is 13.1. The first kappa shape index (κ1) is 16.5. The quantitative estimate of drug-likeness (QED) is 0.393. The molecule has 1 aliphatic rings. The molecule has 1 fully saturated rings. The van der Waals surface area contributed by atoms with Crippen LogP contribution in [0, 0.1) is 17.5 Å². The molecule has 5 N–H and O–H groups in total. The van der Waals surface area contributed by atoms with Crippen molar-refractivity contribution >= 4 is 18.2 Å². The number of aliphatic hydroxyl groups excluding tert-OH is 2. The molecule has 9 nitrogen and oxygen atoms in total. The van der Waals surface area contributed by atoms with Crippen molar-refractivity contribution < 1.29 is 33.0 Å². The van der Waals surface area contributed by atoms with Crippen LogP contribution in [0.3, 0.4) is 0 Å². The van der Waals surface area contributed by atoms with Crippen molar-refractivity contribution in [2.24, 2.45) is 11.7 Å². The number of carbonyl (C=O) groups excluding carboxylic acids is 1. The standard InChI is InChI=1S/C15H22FN3O6S/c1-6(2)8(17)13(22)24-5-15(16)10(21)9(20)12(25-15)19-4-7(3)11(26)18-14(19)23/h4,6,8-10,12,20-21H,5,17H2,1-3H3,(H,18,23,26)/t8-,9+,10-,12+,15+/m0/s1/i5D2,12D. The van der Waals surface area contributed by atoms with E-state index in [2.05, 4.69) is 9.72 Å². The third-order valence-electron chi connectivity index (χ3n) is 3.82. The Hall–Kier alpha value is -1.66. The zero-order chi connectivity index (χ0) is 22.5. The number of rotatable bonds is 5. The molecule has 1 aromatic heterocycles. The molecule has 2 heterocycles. The number of alkyl halides is 1. The highest BCUT2D eigenvalue weighted by Gasteiger charge is 2.57. The van der Waals surface area contributed by atoms with Crippen molar-refractivity contribution in [1.29, 1.82) is 0 Å². The summed E-state index contributed by atoms with van der Waals surface area (Å²) in [5.41, 5.74) is 4.73. The summed E-state index contributed by atoms with van der Waals surface area (Å²) in [5, 5.41) is 20.4. The third-order valence-corrected chi connectivity index (χ3v) is 4.25. The Kier molecular flexibility index (Phi) is 4.78. The van der Waals surface area contributed by atoms with Gasteiger partial charge in [0.1, 0.15) is 22.9 Å². The van der Waals surface area contributed by atoms with E-state index in [0.717, 1.165) is 6.20 Å². The summed E-state index contributed by atoms with van der Waals surface area (Å²) in [6, 6.07) is -1.31. The maximum atomic E-state index is 15.5. The lowest BCUT2D eigenvalue weighted by Crippen LogP contribution is -2.46. The van der Waals surface area contributed by atoms with Gasteiger partial charge in [0.15, 0.2) is 12.8 Å². The number of esters is 1. The lowest BCUT2D eigenvalue weighted by Gasteiger charge is -2.24. The molecule has 11 heteroatoms. The fourth-order valence-corrected chi connectivity index (χ4v) is 2.21. The number of hydrogen-bond donors (Lipinski definition) is 4. The van der Waals surface area contributed by atoms with Gasteiger partial charge in [-0.2, -0.15) is 0 Å². The van der Waals surface area contributed by atoms with Crippen molar-refractivity contribution in [2.75, 3.05) is 6.56 Å². The summed E-state index contributed by atoms with van der Waals surface area (Å²) in [6.07, 6.45) is -7.17. The third kappa shape index (κ3) is 3.86. The van der Waals surface area contributed by atoms with Crippen molar-refractivity contribution in [1.82, 2.24) is 9.55 Å². The van der Waals surface area contributed by atoms with E-state index in [-0.39, 0.29) is 10.2 Å². The molecule has 26 heavy (non-hydrogen) atoms. The van der Waals surface area contributed by atoms with Crippen molar-refractivity contribution in [2.45, 2.75) is 51.1 Å². The monoisotopic (exact) mass is 394 g/mol. The Morgan fingerprint density at radius 3 is 2.88 bits per heavy atom. The maximum Gasteiger partial charge on any atom is 0.328 e. The number of aromatic amines is 1. The van der Waals surface area contributed by atoms with Gasteiger partial charge in [0.2, 0.25) is 0 Å². The topological polar surface area (TPSA) is 140 Å². The highest BCUT2D eigenvalue weighted by atomic mass is 32.1. The molecule has 1 aromatic rings. The van der Waals surface area contributed by atoms with Gasteiger partial charge in [0.25, 0.3) is 5.85 Å². The highest BCUT2D eigenvalue weighted by molar-refractivity contribution is 7.71. The van der Waals surface area contributed by atoms with E-state index in [1.807, 2.05) is 0 Å². The van der Waals surface area contributed by atoms with Crippen LogP contribution in [-0.4, -0.2) is 56.4 Å². The number of halogens is 1. The molecule has 0 saturated carbocycles. The fraction of sp³-hybridized carbons (Fsp3) is 0.667. The summed E-state index contributed by atoms with van der Waals surface area (Å²) in [4.78, 5) is 26.3. The number of H-pyrrole nitrogens is 1. The van der Waals surface area contributed by atoms with Gasteiger partial charge >= 0.3 is 11.7 Å². The number of aryl methyl sites for hydroxylation is 1. The number of nitrogens with two attached hydrogens (primary N) is 1. The molecule has 0 aromatic carbocycles. The predicted molar refractivity (Wildman–Crippen MR) is 90.4 cm³/mol. The zero-order valence-corrected chi connectivity index (χ0v) is 15.0. The van der Waals surface area contributed by atoms with E-state index in [9.17, 15) is 19.8 Å². The number of ether oxygens (including phenoxy) is 2. The van der Waals surface area contributed by atoms with Crippen LogP contribution in [0.2, 0.25) is 0 Å². The summed E-state index contributed by atoms with van der Waals surface area (Å²) in [7, 11) is 0. The number of nitrogens with one attached hydrogen (secondary N) is 1. The zero-order valence-electron chi connectivity index (χ0n) is 17.2. The number of hydrogen-bond acceptors (Lipinski definition) is 8. The van der Waals surface area contributed by atoms with Gasteiger partial charge in [0, 0.05) is 11.8 Å². The largest absolute Gasteiger partial charge is 0.458 e. The maximum absolute atomic E-state index is 15.5. The summed E-state index contributed by atoms with van der Waals surface area (Å²) >= 11 is 4.87. The second kappa shape index (κ2) is 7.53. The van der Waals surface area contributed by atoms with E-state index in [1.165, 1.54) is 6.92 Å². The van der Waals surface area contributed by atoms with Gasteiger partial charge in [-0.25, -0.2) is 9.18 Å². The molecular weight excluding hydrogens is 369 g/mol. The van der Waals surface area contributed by atoms with Gasteiger partial charge in [-0.1, -0.05) is 26.1 Å². The van der Waals surface area contributed by atoms with Crippen molar-refractivity contribution in [3.8, 4) is 0 Å². The van der Waals surface area contributed by atoms with Gasteiger partial charge in [-0.15, -0.1) is 0 Å². The summed E-state index contributed by atoms with van der Waals surface area (Å²) < 4.78 is 48.9. The fourth-order valence-electron chi connectivity index (χ4n) is 2.07. The van der Waals surface area contributed by atoms with E-state index in [0.29, 0.717) is 4.57 Å². The van der Waals surface area contributed by atoms with Crippen LogP contribution in [0.5, 0.6) is 0 Å². The van der Waals surface area contributed by atoms with E-state index in [4.69, 9.17) is 26.8 Å². The smallest absolute Gasteiger partial charge is 0.328 e. The molecule has 1 aliphatic heterocycles. The minimum absolute atomic E-state index is 0.0151. The summed E-state index contributed by atoms with van der Waals surface area (Å²) in [6.45, 7) is 0.869. The Bertz CT molecular complexity index is 927. The molecule has 0 spiro atoms. The average molecular weight is 394 g/mol. The molecule has 0 radical (unpaired) electrons. The van der Waals surface area contributed by atoms with E-state index >= 15 is 4.39 Å². The molecule has 1 saturated heterocycles. The number of aromatic nitrogens is 2. The average Bonchev–Trinajstić information content (AvgIpc) is 2.79. The van der Waals surface area contributed by atoms with E-state index in [1.54, 1.807) is 13.8 Å². The van der Waals surface area contributed by atoms with Crippen LogP contribution in [-0.2, 0) is 14.3 Å². The Morgan fingerprint density at radius 1 is 1.69 bits per heavy atom. The number of carbonyl (C=O) groups is 1. The van der Waals surface area contributed by atoms with Gasteiger partial charge < -0.3 is 25.4 Å². The first-order valence-electron chi connectivity index (χ1n) is 9.15. The lowest BCUT2D eigenvalue weighted by molar-refractivity contribution is -0.217. The molecule has 0 unspecified atom stereocenters. The molecule has 5 atom stereocenters. The van der Waals surface area contributed by atoms with E-state index < -0.39 is 54.4 Å². The minimum atomic E-state index is -3.90. The normalized spacial score (nSPS) is 34.8. The van der Waals surface area contributed by atoms with Crippen LogP contribution < -0.4 is 11.4 Å². The van der Waals surface area contributed by atoms with Crippen LogP contribution in [0.4, 0.5) is 4.39 Å². The van der Waals surface area contributed by atoms with Gasteiger partial charge in [-0.3, -0.25) is 14.3 Å². The molecule has 146 valence electrons. The highest BCUT2D eigenvalue weighted by Crippen LogP contribution is 2.38. The molecule has 2 rings (SSSR count). The molecule has 0 bridgehead atoms. The molecule has 0 aliphatic carbocycles. The van der Waals surface area contributed by atoms with Gasteiger partial charge in [0.05, 0.1) is 4.11 Å². The van der Waals surface area contributed by atoms with Gasteiger partial charge in [-0.05, 0) is 12.8 Å². The van der Waals surface area contributed by atoms with Crippen LogP contribution in [0.25, 0.3) is 0 Å². The Labute approximate surface area is 157 Å². The van der Waals surface area contributed by atoms with Crippen LogP contribution in [0.1, 0.15) is 29.7 Å². The SMILES string of the molecule is [2H]C([2H])(OC(=O)[C@@H](N)C(C)C)[C@@]1(F)O[C@@]([2H])(n2cc(C)c(=S)[nH]c2=O)[C@H](O)[C@@H]1O. The lowest BCUT2D eigenvalue weighted by atomic mass is 10.1. The Morgan fingerprint density at radius 2 is 2.31 bits per heavy atom. The Balaban J connectivity index is 2.48. The predicted octanol–water partition coefficient (Wildman–Crippen LogP) is -0.343. The first-order valence-corrected chi connectivity index (χ1v) is 8.06. The second-order valence-corrected chi connectivity index (χ2v) is 6.62. The van der Waals surface area contributed by atoms with Crippen molar-refractivity contribution in [3.05, 3.63) is 26.9 Å². The molecule has 0 amide bonds. The number of aliphatic hydroxyl groups is 2. The van der Waals surface area contributed by atoms with Crippen LogP contribution in [0.15, 0.2) is 11.0 Å². The molecular formula is C15H22FN3O6S. The number of nitrogens with zero attached hydrogens (tertiary/aromatic N) is 1. The minimum Gasteiger partial charge on any atom is -0.458 e. The second-order valence-electron chi connectivity index (χ2n) is 6.21. The van der Waals surface area contributed by atoms with Crippen molar-refractivity contribution in [3.63, 3.8) is 0 Å². The van der Waals surface area contributed by atoms with Crippen LogP contribution >= 0.6 is 12.2 Å². The summed E-state index contributed by atoms with van der Waals surface area (Å²) in [5.74, 6) is -5.70.